The normalized spacial score (nSPS) is 15.9. The third-order valence-corrected chi connectivity index (χ3v) is 6.28. The summed E-state index contributed by atoms with van der Waals surface area (Å²) in [6.45, 7) is 4.53. The molecule has 0 bridgehead atoms. The molecule has 1 aliphatic carbocycles. The summed E-state index contributed by atoms with van der Waals surface area (Å²) in [5.41, 5.74) is 4.90. The summed E-state index contributed by atoms with van der Waals surface area (Å²) in [6, 6.07) is 13.5. The van der Waals surface area contributed by atoms with Crippen molar-refractivity contribution in [3.05, 3.63) is 70.5 Å². The first-order valence-electron chi connectivity index (χ1n) is 9.81. The highest BCUT2D eigenvalue weighted by Crippen LogP contribution is 2.58. The maximum Gasteiger partial charge on any atom is 0.335 e. The van der Waals surface area contributed by atoms with E-state index < -0.39 is 11.4 Å². The second-order valence-electron chi connectivity index (χ2n) is 8.14. The molecule has 0 spiro atoms. The van der Waals surface area contributed by atoms with Gasteiger partial charge in [0, 0.05) is 10.8 Å². The Bertz CT molecular complexity index is 1270. The van der Waals surface area contributed by atoms with Gasteiger partial charge in [-0.3, -0.25) is 0 Å². The van der Waals surface area contributed by atoms with Gasteiger partial charge in [-0.2, -0.15) is 0 Å². The summed E-state index contributed by atoms with van der Waals surface area (Å²) in [4.78, 5) is 11.6. The van der Waals surface area contributed by atoms with Crippen LogP contribution in [0.1, 0.15) is 40.9 Å². The number of hydrogen-bond acceptors (Lipinski definition) is 4. The van der Waals surface area contributed by atoms with Crippen LogP contribution >= 0.6 is 0 Å². The Balaban J connectivity index is 1.98. The summed E-state index contributed by atoms with van der Waals surface area (Å²) >= 11 is 0. The first-order valence-corrected chi connectivity index (χ1v) is 9.81. The Hall–Kier alpha value is -3.47. The van der Waals surface area contributed by atoms with Gasteiger partial charge in [0.15, 0.2) is 11.5 Å². The zero-order valence-electron chi connectivity index (χ0n) is 17.3. The predicted octanol–water partition coefficient (Wildman–Crippen LogP) is 5.20. The molecular weight excluding hydrogens is 380 g/mol. The van der Waals surface area contributed by atoms with Crippen molar-refractivity contribution in [3.8, 4) is 16.9 Å². The van der Waals surface area contributed by atoms with Gasteiger partial charge in [0.05, 0.1) is 25.3 Å². The van der Waals surface area contributed by atoms with Crippen LogP contribution in [0.5, 0.6) is 5.75 Å². The van der Waals surface area contributed by atoms with E-state index in [1.54, 1.807) is 26.4 Å². The van der Waals surface area contributed by atoms with E-state index in [1.165, 1.54) is 0 Å². The SMILES string of the molecule is COC1=C(OC)c2c3c(c4ccccc4c2OC1)-c1ccc(C(=O)O)cc1C3(C)C. The minimum Gasteiger partial charge on any atom is -0.494 e. The summed E-state index contributed by atoms with van der Waals surface area (Å²) in [6.07, 6.45) is 0. The molecule has 5 rings (SSSR count). The Morgan fingerprint density at radius 2 is 1.77 bits per heavy atom. The van der Waals surface area contributed by atoms with Gasteiger partial charge in [-0.05, 0) is 39.8 Å². The summed E-state index contributed by atoms with van der Waals surface area (Å²) in [7, 11) is 3.26. The van der Waals surface area contributed by atoms with Crippen LogP contribution in [0, 0.1) is 0 Å². The van der Waals surface area contributed by atoms with E-state index >= 15 is 0 Å². The molecule has 0 amide bonds. The quantitative estimate of drug-likeness (QED) is 0.652. The van der Waals surface area contributed by atoms with Gasteiger partial charge in [0.25, 0.3) is 0 Å². The van der Waals surface area contributed by atoms with Gasteiger partial charge < -0.3 is 19.3 Å². The highest BCUT2D eigenvalue weighted by atomic mass is 16.5. The van der Waals surface area contributed by atoms with Crippen molar-refractivity contribution in [2.24, 2.45) is 0 Å². The zero-order chi connectivity index (χ0) is 21.2. The maximum absolute atomic E-state index is 11.6. The van der Waals surface area contributed by atoms with Gasteiger partial charge in [0.1, 0.15) is 12.4 Å². The van der Waals surface area contributed by atoms with Crippen LogP contribution in [-0.4, -0.2) is 31.9 Å². The fourth-order valence-electron chi connectivity index (χ4n) is 4.94. The molecule has 1 N–H and O–H groups in total. The van der Waals surface area contributed by atoms with E-state index in [9.17, 15) is 9.90 Å². The van der Waals surface area contributed by atoms with E-state index in [4.69, 9.17) is 14.2 Å². The molecule has 5 heteroatoms. The monoisotopic (exact) mass is 402 g/mol. The highest BCUT2D eigenvalue weighted by Gasteiger charge is 2.43. The average molecular weight is 402 g/mol. The number of methoxy groups -OCH3 is 2. The average Bonchev–Trinajstić information content (AvgIpc) is 2.99. The van der Waals surface area contributed by atoms with E-state index in [-0.39, 0.29) is 5.56 Å². The van der Waals surface area contributed by atoms with Gasteiger partial charge in [-0.25, -0.2) is 4.79 Å². The number of rotatable bonds is 3. The number of ether oxygens (including phenoxy) is 3. The fourth-order valence-corrected chi connectivity index (χ4v) is 4.94. The summed E-state index contributed by atoms with van der Waals surface area (Å²) in [5.74, 6) is 1.15. The van der Waals surface area contributed by atoms with Crippen LogP contribution in [0.25, 0.3) is 27.7 Å². The Morgan fingerprint density at radius 3 is 2.43 bits per heavy atom. The third-order valence-electron chi connectivity index (χ3n) is 6.28. The number of carbonyl (C=O) groups is 1. The molecule has 5 nitrogen and oxygen atoms in total. The lowest BCUT2D eigenvalue weighted by Gasteiger charge is -2.30. The lowest BCUT2D eigenvalue weighted by molar-refractivity contribution is 0.0696. The molecule has 0 saturated carbocycles. The number of aromatic carboxylic acids is 1. The van der Waals surface area contributed by atoms with Crippen LogP contribution in [0.15, 0.2) is 48.2 Å². The molecule has 2 aliphatic rings. The number of carboxylic acids is 1. The molecule has 30 heavy (non-hydrogen) atoms. The van der Waals surface area contributed by atoms with Crippen molar-refractivity contribution in [3.63, 3.8) is 0 Å². The number of carboxylic acid groups (broad SMARTS) is 1. The van der Waals surface area contributed by atoms with Crippen molar-refractivity contribution < 1.29 is 24.1 Å². The van der Waals surface area contributed by atoms with Gasteiger partial charge in [-0.15, -0.1) is 0 Å². The van der Waals surface area contributed by atoms with Crippen molar-refractivity contribution in [1.29, 1.82) is 0 Å². The van der Waals surface area contributed by atoms with Gasteiger partial charge >= 0.3 is 5.97 Å². The minimum atomic E-state index is -0.932. The second kappa shape index (κ2) is 6.26. The van der Waals surface area contributed by atoms with Crippen molar-refractivity contribution >= 4 is 22.5 Å². The molecule has 3 aromatic rings. The van der Waals surface area contributed by atoms with E-state index in [1.807, 2.05) is 18.2 Å². The third kappa shape index (κ3) is 2.26. The van der Waals surface area contributed by atoms with Crippen LogP contribution in [0.4, 0.5) is 0 Å². The van der Waals surface area contributed by atoms with Gasteiger partial charge in [0.2, 0.25) is 0 Å². The smallest absolute Gasteiger partial charge is 0.335 e. The van der Waals surface area contributed by atoms with Crippen molar-refractivity contribution in [2.75, 3.05) is 20.8 Å². The second-order valence-corrected chi connectivity index (χ2v) is 8.14. The molecular formula is C25H22O5. The van der Waals surface area contributed by atoms with Gasteiger partial charge in [-0.1, -0.05) is 44.2 Å². The predicted molar refractivity (Wildman–Crippen MR) is 115 cm³/mol. The van der Waals surface area contributed by atoms with Crippen LogP contribution < -0.4 is 4.74 Å². The first kappa shape index (κ1) is 18.6. The largest absolute Gasteiger partial charge is 0.494 e. The molecule has 152 valence electrons. The van der Waals surface area contributed by atoms with Crippen molar-refractivity contribution in [2.45, 2.75) is 19.3 Å². The molecule has 0 aromatic heterocycles. The molecule has 0 radical (unpaired) electrons. The zero-order valence-corrected chi connectivity index (χ0v) is 17.3. The topological polar surface area (TPSA) is 65.0 Å². The van der Waals surface area contributed by atoms with Crippen LogP contribution in [-0.2, 0) is 14.9 Å². The fraction of sp³-hybridized carbons (Fsp3) is 0.240. The number of fused-ring (bicyclic) bond motifs is 8. The minimum absolute atomic E-state index is 0.282. The molecule has 1 heterocycles. The summed E-state index contributed by atoms with van der Waals surface area (Å²) in [5, 5.41) is 11.6. The first-order chi connectivity index (χ1) is 14.4. The van der Waals surface area contributed by atoms with Crippen LogP contribution in [0.2, 0.25) is 0 Å². The Labute approximate surface area is 174 Å². The number of benzene rings is 3. The standard InChI is InChI=1S/C25H22O5/c1-25(2)17-11-13(24(26)27)9-10-16(17)19-14-7-5-6-8-15(14)22-20(21(19)25)23(29-4)18(28-3)12-30-22/h5-11H,12H2,1-4H3,(H,26,27). The van der Waals surface area contributed by atoms with Crippen molar-refractivity contribution in [1.82, 2.24) is 0 Å². The molecule has 3 aromatic carbocycles. The lowest BCUT2D eigenvalue weighted by atomic mass is 9.78. The Kier molecular flexibility index (Phi) is 3.87. The molecule has 1 aliphatic heterocycles. The lowest BCUT2D eigenvalue weighted by Crippen LogP contribution is -2.22. The maximum atomic E-state index is 11.6. The molecule has 0 atom stereocenters. The molecule has 0 unspecified atom stereocenters. The summed E-state index contributed by atoms with van der Waals surface area (Å²) < 4.78 is 17.6. The van der Waals surface area contributed by atoms with E-state index in [0.29, 0.717) is 18.1 Å². The molecule has 0 fully saturated rings. The van der Waals surface area contributed by atoms with E-state index in [2.05, 4.69) is 26.0 Å². The number of hydrogen-bond donors (Lipinski definition) is 1. The van der Waals surface area contributed by atoms with E-state index in [0.717, 1.165) is 44.3 Å². The van der Waals surface area contributed by atoms with Crippen LogP contribution in [0.3, 0.4) is 0 Å². The Morgan fingerprint density at radius 1 is 1.03 bits per heavy atom. The molecule has 0 saturated heterocycles. The highest BCUT2D eigenvalue weighted by molar-refractivity contribution is 6.09.